The van der Waals surface area contributed by atoms with Gasteiger partial charge >= 0.3 is 0 Å². The smallest absolute Gasteiger partial charge is 0.255 e. The Labute approximate surface area is 240 Å². The van der Waals surface area contributed by atoms with Gasteiger partial charge in [-0.15, -0.1) is 0 Å². The van der Waals surface area contributed by atoms with E-state index in [1.807, 2.05) is 66.7 Å². The van der Waals surface area contributed by atoms with Crippen molar-refractivity contribution in [3.63, 3.8) is 0 Å². The second kappa shape index (κ2) is 12.4. The summed E-state index contributed by atoms with van der Waals surface area (Å²) in [6.45, 7) is 2.93. The molecule has 9 nitrogen and oxygen atoms in total. The summed E-state index contributed by atoms with van der Waals surface area (Å²) in [5.74, 6) is -0.943. The van der Waals surface area contributed by atoms with Crippen molar-refractivity contribution >= 4 is 17.5 Å². The molecule has 2 amide bonds. The third-order valence-electron chi connectivity index (χ3n) is 7.99. The molecule has 214 valence electrons. The van der Waals surface area contributed by atoms with E-state index in [0.717, 1.165) is 11.1 Å². The molecule has 1 aliphatic heterocycles. The van der Waals surface area contributed by atoms with Crippen molar-refractivity contribution in [1.82, 2.24) is 15.1 Å². The van der Waals surface area contributed by atoms with Crippen molar-refractivity contribution in [3.8, 4) is 11.8 Å². The largest absolute Gasteiger partial charge is 0.507 e. The quantitative estimate of drug-likeness (QED) is 0.313. The molecular formula is C32H37N5O4. The van der Waals surface area contributed by atoms with Gasteiger partial charge in [-0.25, -0.2) is 0 Å². The molecule has 1 heterocycles. The number of aromatic hydroxyl groups is 1. The number of rotatable bonds is 8. The number of carbonyl (C=O) groups is 2. The molecule has 0 saturated carbocycles. The van der Waals surface area contributed by atoms with E-state index in [0.29, 0.717) is 25.9 Å². The molecule has 1 fully saturated rings. The molecule has 0 radical (unpaired) electrons. The Kier molecular flexibility index (Phi) is 8.96. The number of hydrogen-bond donors (Lipinski definition) is 4. The highest BCUT2D eigenvalue weighted by atomic mass is 16.3. The highest BCUT2D eigenvalue weighted by molar-refractivity contribution is 5.98. The van der Waals surface area contributed by atoms with Crippen LogP contribution in [0.3, 0.4) is 0 Å². The molecule has 1 unspecified atom stereocenters. The first-order chi connectivity index (χ1) is 19.6. The number of nitrogens with two attached hydrogens (primary N) is 1. The number of aliphatic hydroxyl groups is 1. The Balaban J connectivity index is 1.55. The summed E-state index contributed by atoms with van der Waals surface area (Å²) in [5, 5.41) is 33.3. The molecule has 1 saturated heterocycles. The van der Waals surface area contributed by atoms with E-state index in [2.05, 4.69) is 17.1 Å². The maximum atomic E-state index is 14.0. The summed E-state index contributed by atoms with van der Waals surface area (Å²) in [6, 6.07) is 23.3. The lowest BCUT2D eigenvalue weighted by Crippen LogP contribution is -2.57. The number of nitrogens with one attached hydrogen (secondary N) is 1. The van der Waals surface area contributed by atoms with Crippen LogP contribution >= 0.6 is 0 Å². The van der Waals surface area contributed by atoms with Gasteiger partial charge in [0.2, 0.25) is 5.91 Å². The fraction of sp³-hybridized carbons (Fsp3) is 0.344. The second-order valence-corrected chi connectivity index (χ2v) is 10.9. The van der Waals surface area contributed by atoms with Crippen molar-refractivity contribution in [2.24, 2.45) is 0 Å². The molecule has 1 aliphatic rings. The number of β-amino-alcohol motifs (C(OH)–C–C–N with tert-alkyl or cyclic N) is 1. The van der Waals surface area contributed by atoms with Gasteiger partial charge in [-0.3, -0.25) is 14.5 Å². The number of phenolic OH excluding ortho intramolecular Hbond substituents is 1. The number of nitrogen functional groups attached to an aromatic ring is 1. The zero-order valence-electron chi connectivity index (χ0n) is 23.6. The SMILES string of the molecule is CC(CC(C(=O)N(C)C)(c1ccccc1)c1ccccc1)N1CC[C@H](NC(=O)c2cc(C#N)c(N)cc2O)[C@@H](O)C1. The highest BCUT2D eigenvalue weighted by Gasteiger charge is 2.45. The first-order valence-electron chi connectivity index (χ1n) is 13.7. The molecule has 5 N–H and O–H groups in total. The predicted octanol–water partition coefficient (Wildman–Crippen LogP) is 2.86. The van der Waals surface area contributed by atoms with Crippen LogP contribution in [0.5, 0.6) is 5.75 Å². The van der Waals surface area contributed by atoms with E-state index >= 15 is 0 Å². The number of nitriles is 1. The van der Waals surface area contributed by atoms with Gasteiger partial charge in [-0.05, 0) is 37.0 Å². The Morgan fingerprint density at radius 2 is 1.71 bits per heavy atom. The number of nitrogens with zero attached hydrogens (tertiary/aromatic N) is 3. The van der Waals surface area contributed by atoms with Crippen LogP contribution < -0.4 is 11.1 Å². The third-order valence-corrected chi connectivity index (χ3v) is 7.99. The van der Waals surface area contributed by atoms with Crippen LogP contribution in [0.4, 0.5) is 5.69 Å². The lowest BCUT2D eigenvalue weighted by Gasteiger charge is -2.44. The molecule has 3 aromatic rings. The van der Waals surface area contributed by atoms with Gasteiger partial charge in [0, 0.05) is 39.3 Å². The number of likely N-dealkylation sites (N-methyl/N-ethyl adjacent to an activating group) is 1. The van der Waals surface area contributed by atoms with Crippen LogP contribution in [0.15, 0.2) is 72.8 Å². The highest BCUT2D eigenvalue weighted by Crippen LogP contribution is 2.40. The lowest BCUT2D eigenvalue weighted by atomic mass is 9.69. The third kappa shape index (κ3) is 6.04. The zero-order valence-corrected chi connectivity index (χ0v) is 23.6. The molecule has 0 bridgehead atoms. The summed E-state index contributed by atoms with van der Waals surface area (Å²) in [7, 11) is 3.54. The molecule has 4 rings (SSSR count). The van der Waals surface area contributed by atoms with Crippen molar-refractivity contribution in [2.45, 2.75) is 43.4 Å². The number of phenols is 1. The average Bonchev–Trinajstić information content (AvgIpc) is 2.97. The Bertz CT molecular complexity index is 1380. The molecule has 0 aliphatic carbocycles. The molecule has 0 spiro atoms. The van der Waals surface area contributed by atoms with E-state index in [1.165, 1.54) is 12.1 Å². The van der Waals surface area contributed by atoms with Crippen LogP contribution in [0, 0.1) is 11.3 Å². The molecule has 9 heteroatoms. The molecule has 3 atom stereocenters. The number of aliphatic hydroxyl groups excluding tert-OH is 1. The summed E-state index contributed by atoms with van der Waals surface area (Å²) in [6.07, 6.45) is 0.0652. The van der Waals surface area contributed by atoms with Gasteiger partial charge < -0.3 is 26.2 Å². The van der Waals surface area contributed by atoms with Crippen molar-refractivity contribution in [3.05, 3.63) is 95.1 Å². The Hall–Kier alpha value is -4.39. The topological polar surface area (TPSA) is 143 Å². The summed E-state index contributed by atoms with van der Waals surface area (Å²) in [5.41, 5.74) is 6.68. The fourth-order valence-corrected chi connectivity index (χ4v) is 5.79. The van der Waals surface area contributed by atoms with Crippen LogP contribution in [0.1, 0.15) is 46.8 Å². The van der Waals surface area contributed by atoms with Crippen LogP contribution in [-0.4, -0.2) is 77.2 Å². The predicted molar refractivity (Wildman–Crippen MR) is 157 cm³/mol. The van der Waals surface area contributed by atoms with Crippen LogP contribution in [-0.2, 0) is 10.2 Å². The maximum Gasteiger partial charge on any atom is 0.255 e. The first-order valence-corrected chi connectivity index (χ1v) is 13.7. The number of piperidine rings is 1. The van der Waals surface area contributed by atoms with Gasteiger partial charge in [0.15, 0.2) is 0 Å². The van der Waals surface area contributed by atoms with E-state index in [-0.39, 0.29) is 34.5 Å². The number of amides is 2. The zero-order chi connectivity index (χ0) is 29.7. The van der Waals surface area contributed by atoms with Crippen LogP contribution in [0.2, 0.25) is 0 Å². The van der Waals surface area contributed by atoms with Gasteiger partial charge in [0.25, 0.3) is 5.91 Å². The molecule has 41 heavy (non-hydrogen) atoms. The number of anilines is 1. The average molecular weight is 556 g/mol. The summed E-state index contributed by atoms with van der Waals surface area (Å²) in [4.78, 5) is 30.7. The summed E-state index contributed by atoms with van der Waals surface area (Å²) < 4.78 is 0. The summed E-state index contributed by atoms with van der Waals surface area (Å²) >= 11 is 0. The number of likely N-dealkylation sites (tertiary alicyclic amines) is 1. The van der Waals surface area contributed by atoms with Gasteiger partial charge in [0.05, 0.1) is 29.0 Å². The minimum atomic E-state index is -0.938. The van der Waals surface area contributed by atoms with E-state index < -0.39 is 23.5 Å². The van der Waals surface area contributed by atoms with Gasteiger partial charge in [-0.1, -0.05) is 60.7 Å². The molecular weight excluding hydrogens is 518 g/mol. The second-order valence-electron chi connectivity index (χ2n) is 10.9. The minimum Gasteiger partial charge on any atom is -0.507 e. The molecule has 3 aromatic carbocycles. The number of benzene rings is 3. The van der Waals surface area contributed by atoms with Gasteiger partial charge in [0.1, 0.15) is 17.2 Å². The fourth-order valence-electron chi connectivity index (χ4n) is 5.79. The number of hydrogen-bond acceptors (Lipinski definition) is 7. The van der Waals surface area contributed by atoms with Crippen molar-refractivity contribution in [2.75, 3.05) is 32.9 Å². The first kappa shape index (κ1) is 29.6. The standard InChI is InChI=1S/C32H37N5O4/c1-21(18-32(31(41)36(2)3,23-10-6-4-7-11-23)24-12-8-5-9-13-24)37-15-14-27(29(39)20-37)35-30(40)25-16-22(19-33)26(34)17-28(25)38/h4-13,16-17,21,27,29,38-39H,14-15,18,20,34H2,1-3H3,(H,35,40)/t21?,27-,29-/m0/s1. The maximum absolute atomic E-state index is 14.0. The van der Waals surface area contributed by atoms with Gasteiger partial charge in [-0.2, -0.15) is 5.26 Å². The van der Waals surface area contributed by atoms with Crippen LogP contribution in [0.25, 0.3) is 0 Å². The number of carbonyl (C=O) groups excluding carboxylic acids is 2. The van der Waals surface area contributed by atoms with E-state index in [4.69, 9.17) is 5.73 Å². The van der Waals surface area contributed by atoms with Crippen molar-refractivity contribution < 1.29 is 19.8 Å². The lowest BCUT2D eigenvalue weighted by molar-refractivity contribution is -0.134. The minimum absolute atomic E-state index is 0.0236. The Morgan fingerprint density at radius 3 is 2.22 bits per heavy atom. The normalized spacial score (nSPS) is 18.2. The van der Waals surface area contributed by atoms with E-state index in [1.54, 1.807) is 19.0 Å². The monoisotopic (exact) mass is 555 g/mol. The Morgan fingerprint density at radius 1 is 1.12 bits per heavy atom. The molecule has 0 aromatic heterocycles. The van der Waals surface area contributed by atoms with E-state index in [9.17, 15) is 25.1 Å². The van der Waals surface area contributed by atoms with Crippen molar-refractivity contribution in [1.29, 1.82) is 5.26 Å².